The van der Waals surface area contributed by atoms with Crippen LogP contribution >= 0.6 is 0 Å². The van der Waals surface area contributed by atoms with E-state index in [1.807, 2.05) is 0 Å². The Hall–Kier alpha value is 0.720. The molecule has 0 aliphatic carbocycles. The molecule has 0 heterocycles. The van der Waals surface area contributed by atoms with Crippen LogP contribution in [0.5, 0.6) is 0 Å². The van der Waals surface area contributed by atoms with Gasteiger partial charge < -0.3 is 1.43 Å². The molecule has 0 rings (SSSR count). The van der Waals surface area contributed by atoms with Gasteiger partial charge in [-0.15, -0.1) is 0 Å². The van der Waals surface area contributed by atoms with Crippen LogP contribution in [0.15, 0.2) is 0 Å². The molecule has 0 atom stereocenters. The van der Waals surface area contributed by atoms with E-state index in [2.05, 4.69) is 12.4 Å². The second kappa shape index (κ2) is 6.26. The fourth-order valence-corrected chi connectivity index (χ4v) is 0. The van der Waals surface area contributed by atoms with Crippen molar-refractivity contribution in [2.24, 2.45) is 0 Å². The molecule has 0 aliphatic rings. The summed E-state index contributed by atoms with van der Waals surface area (Å²) in [6, 6.07) is 0. The zero-order chi connectivity index (χ0) is 9.00. The summed E-state index contributed by atoms with van der Waals surface area (Å²) < 4.78 is 62.9. The van der Waals surface area contributed by atoms with Gasteiger partial charge in [-0.3, -0.25) is 4.55 Å². The van der Waals surface area contributed by atoms with Gasteiger partial charge >= 0.3 is 45.2 Å². The first kappa shape index (κ1) is 17.7. The molecule has 0 radical (unpaired) electrons. The SMILES string of the molecule is N=S.O=S(=O)(O)C(F)(F)F.[H-].[Na+]. The average Bonchev–Trinajstić information content (AvgIpc) is 1.66. The number of nitrogens with one attached hydrogen (secondary N) is 1. The molecule has 0 amide bonds. The summed E-state index contributed by atoms with van der Waals surface area (Å²) in [7, 11) is -5.84. The maximum absolute atomic E-state index is 10.7. The van der Waals surface area contributed by atoms with Crippen LogP contribution in [-0.2, 0) is 22.5 Å². The van der Waals surface area contributed by atoms with Crippen molar-refractivity contribution in [3.63, 3.8) is 0 Å². The number of hydrogen-bond acceptors (Lipinski definition) is 4. The van der Waals surface area contributed by atoms with E-state index in [4.69, 9.17) is 17.8 Å². The molecule has 0 aromatic heterocycles. The van der Waals surface area contributed by atoms with Crippen molar-refractivity contribution in [1.82, 2.24) is 0 Å². The quantitative estimate of drug-likeness (QED) is 0.276. The van der Waals surface area contributed by atoms with Gasteiger partial charge in [0.1, 0.15) is 0 Å². The first-order valence-corrected chi connectivity index (χ1v) is 3.34. The molecule has 0 aliphatic heterocycles. The molecule has 64 valence electrons. The van der Waals surface area contributed by atoms with Crippen LogP contribution in [0.3, 0.4) is 0 Å². The van der Waals surface area contributed by atoms with E-state index in [9.17, 15) is 13.2 Å². The molecular formula is CH3F3NNaO3S2. The van der Waals surface area contributed by atoms with Gasteiger partial charge in [-0.05, 0) is 0 Å². The van der Waals surface area contributed by atoms with Crippen molar-refractivity contribution in [2.75, 3.05) is 0 Å². The van der Waals surface area contributed by atoms with E-state index in [1.165, 1.54) is 0 Å². The minimum Gasteiger partial charge on any atom is -1.00 e. The Bertz CT molecular complexity index is 192. The molecule has 4 nitrogen and oxygen atoms in total. The molecule has 0 aromatic rings. The van der Waals surface area contributed by atoms with Gasteiger partial charge in [-0.1, -0.05) is 0 Å². The van der Waals surface area contributed by atoms with Crippen LogP contribution in [0, 0.1) is 4.78 Å². The largest absolute Gasteiger partial charge is 1.00 e. The Labute approximate surface area is 89.6 Å². The summed E-state index contributed by atoms with van der Waals surface area (Å²) in [4.78, 5) is 0. The summed E-state index contributed by atoms with van der Waals surface area (Å²) >= 11 is 3.33. The number of rotatable bonds is 0. The Kier molecular flexibility index (Phi) is 10.1. The average molecular weight is 221 g/mol. The first-order valence-electron chi connectivity index (χ1n) is 1.49. The van der Waals surface area contributed by atoms with E-state index < -0.39 is 15.6 Å². The molecule has 10 heteroatoms. The summed E-state index contributed by atoms with van der Waals surface area (Å²) in [5.74, 6) is 0. The van der Waals surface area contributed by atoms with Crippen molar-refractivity contribution in [1.29, 1.82) is 4.78 Å². The topological polar surface area (TPSA) is 78.2 Å². The summed E-state index contributed by atoms with van der Waals surface area (Å²) in [5.41, 5.74) is -5.53. The van der Waals surface area contributed by atoms with Gasteiger partial charge in [-0.25, -0.2) is 4.78 Å². The van der Waals surface area contributed by atoms with Crippen molar-refractivity contribution in [2.45, 2.75) is 5.51 Å². The number of alkyl halides is 3. The van der Waals surface area contributed by atoms with Crippen LogP contribution in [0.1, 0.15) is 1.43 Å². The monoisotopic (exact) mass is 221 g/mol. The number of halogens is 3. The molecule has 11 heavy (non-hydrogen) atoms. The van der Waals surface area contributed by atoms with Gasteiger partial charge in [0.05, 0.1) is 0 Å². The predicted octanol–water partition coefficient (Wildman–Crippen LogP) is -2.19. The predicted molar refractivity (Wildman–Crippen MR) is 28.8 cm³/mol. The van der Waals surface area contributed by atoms with Gasteiger partial charge in [0.2, 0.25) is 0 Å². The van der Waals surface area contributed by atoms with E-state index in [0.29, 0.717) is 0 Å². The molecule has 0 fully saturated rings. The molecule has 0 bridgehead atoms. The Balaban J connectivity index is -0.0000000740. The van der Waals surface area contributed by atoms with Crippen LogP contribution in [0.4, 0.5) is 13.2 Å². The fraction of sp³-hybridized carbons (Fsp3) is 1.00. The van der Waals surface area contributed by atoms with E-state index in [-0.39, 0.29) is 31.0 Å². The van der Waals surface area contributed by atoms with Crippen LogP contribution in [0.2, 0.25) is 0 Å². The summed E-state index contributed by atoms with van der Waals surface area (Å²) in [6.45, 7) is 0. The minimum atomic E-state index is -5.84. The first-order chi connectivity index (χ1) is 4.25. The van der Waals surface area contributed by atoms with E-state index in [1.54, 1.807) is 0 Å². The van der Waals surface area contributed by atoms with Crippen molar-refractivity contribution in [3.05, 3.63) is 0 Å². The van der Waals surface area contributed by atoms with E-state index in [0.717, 1.165) is 0 Å². The molecule has 0 saturated carbocycles. The van der Waals surface area contributed by atoms with Crippen molar-refractivity contribution >= 4 is 22.5 Å². The summed E-state index contributed by atoms with van der Waals surface area (Å²) in [6.07, 6.45) is 0. The smallest absolute Gasteiger partial charge is 1.00 e. The Morgan fingerprint density at radius 3 is 1.45 bits per heavy atom. The third-order valence-corrected chi connectivity index (χ3v) is 0.877. The third kappa shape index (κ3) is 8.63. The standard InChI is InChI=1S/CHF3O3S.HNS.Na.H/c2-1(3,4)8(5,6)7;1-2;;/h(H,5,6,7);1H;;/q;;+1;-1. The van der Waals surface area contributed by atoms with E-state index >= 15 is 0 Å². The molecule has 2 N–H and O–H groups in total. The minimum absolute atomic E-state index is 0. The van der Waals surface area contributed by atoms with Crippen LogP contribution < -0.4 is 29.6 Å². The second-order valence-electron chi connectivity index (χ2n) is 0.921. The molecule has 0 unspecified atom stereocenters. The maximum atomic E-state index is 10.7. The van der Waals surface area contributed by atoms with Crippen molar-refractivity contribution < 1.29 is 57.1 Å². The zero-order valence-corrected chi connectivity index (χ0v) is 8.85. The van der Waals surface area contributed by atoms with Gasteiger partial charge in [-0.2, -0.15) is 21.6 Å². The maximum Gasteiger partial charge on any atom is 1.00 e. The van der Waals surface area contributed by atoms with Crippen molar-refractivity contribution in [3.8, 4) is 0 Å². The molecule has 0 aromatic carbocycles. The Morgan fingerprint density at radius 1 is 1.36 bits per heavy atom. The summed E-state index contributed by atoms with van der Waals surface area (Å²) in [5, 5.41) is 0. The zero-order valence-electron chi connectivity index (χ0n) is 6.21. The second-order valence-corrected chi connectivity index (χ2v) is 2.33. The molecular weight excluding hydrogens is 218 g/mol. The third-order valence-electron chi connectivity index (χ3n) is 0.292. The Morgan fingerprint density at radius 2 is 1.45 bits per heavy atom. The van der Waals surface area contributed by atoms with Crippen LogP contribution in [-0.4, -0.2) is 18.5 Å². The normalized spacial score (nSPS) is 10.5. The molecule has 0 spiro atoms. The van der Waals surface area contributed by atoms with Gasteiger partial charge in [0.15, 0.2) is 0 Å². The molecule has 0 saturated heterocycles. The van der Waals surface area contributed by atoms with Gasteiger partial charge in [0, 0.05) is 12.4 Å². The van der Waals surface area contributed by atoms with Crippen LogP contribution in [0.25, 0.3) is 0 Å². The van der Waals surface area contributed by atoms with Gasteiger partial charge in [0.25, 0.3) is 0 Å². The fourth-order valence-electron chi connectivity index (χ4n) is 0. The number of hydrogen-bond donors (Lipinski definition) is 2.